The molecular weight excluding hydrogens is 413 g/mol. The van der Waals surface area contributed by atoms with Crippen molar-refractivity contribution in [2.45, 2.75) is 19.8 Å². The maximum absolute atomic E-state index is 13.8. The molecule has 1 aromatic heterocycles. The van der Waals surface area contributed by atoms with Gasteiger partial charge in [-0.1, -0.05) is 18.5 Å². The largest absolute Gasteiger partial charge is 0.370 e. The van der Waals surface area contributed by atoms with Crippen molar-refractivity contribution in [3.8, 4) is 0 Å². The molecular formula is C25H25ClFN3O. The van der Waals surface area contributed by atoms with Gasteiger partial charge >= 0.3 is 0 Å². The summed E-state index contributed by atoms with van der Waals surface area (Å²) in [6.07, 6.45) is 3.90. The van der Waals surface area contributed by atoms with Crippen LogP contribution in [0, 0.1) is 29.5 Å². The van der Waals surface area contributed by atoms with Crippen molar-refractivity contribution in [3.63, 3.8) is 0 Å². The fourth-order valence-corrected chi connectivity index (χ4v) is 5.46. The van der Waals surface area contributed by atoms with Gasteiger partial charge in [0.1, 0.15) is 5.82 Å². The van der Waals surface area contributed by atoms with Gasteiger partial charge in [0, 0.05) is 47.0 Å². The van der Waals surface area contributed by atoms with E-state index in [9.17, 15) is 9.18 Å². The maximum atomic E-state index is 13.8. The zero-order valence-corrected chi connectivity index (χ0v) is 18.1. The number of nitrogens with one attached hydrogen (secondary N) is 1. The number of halogens is 2. The predicted molar refractivity (Wildman–Crippen MR) is 123 cm³/mol. The third-order valence-electron chi connectivity index (χ3n) is 7.04. The van der Waals surface area contributed by atoms with E-state index < -0.39 is 0 Å². The van der Waals surface area contributed by atoms with E-state index in [4.69, 9.17) is 11.6 Å². The highest BCUT2D eigenvalue weighted by Gasteiger charge is 2.44. The van der Waals surface area contributed by atoms with E-state index in [1.807, 2.05) is 25.1 Å². The SMILES string of the molecule is CC(C(=O)Nc1ccc(Cl)cc1)C1C[C@@H]2CN(c3ccnc4ccc(F)cc34)C[C@@H]2C1. The van der Waals surface area contributed by atoms with Crippen LogP contribution in [0.2, 0.25) is 5.02 Å². The summed E-state index contributed by atoms with van der Waals surface area (Å²) < 4.78 is 13.8. The van der Waals surface area contributed by atoms with Gasteiger partial charge in [-0.3, -0.25) is 9.78 Å². The fourth-order valence-electron chi connectivity index (χ4n) is 5.33. The minimum Gasteiger partial charge on any atom is -0.370 e. The molecule has 2 fully saturated rings. The number of anilines is 2. The molecule has 160 valence electrons. The molecule has 2 heterocycles. The van der Waals surface area contributed by atoms with E-state index >= 15 is 0 Å². The standard InChI is InChI=1S/C25H25ClFN3O/c1-15(25(31)29-21-5-2-19(26)3-6-21)16-10-17-13-30(14-18(17)11-16)24-8-9-28-23-7-4-20(27)12-22(23)24/h2-9,12,15-18H,10-11,13-14H2,1H3,(H,29,31)/t15?,16?,17-,18+. The molecule has 1 N–H and O–H groups in total. The Labute approximate surface area is 186 Å². The molecule has 6 heteroatoms. The predicted octanol–water partition coefficient (Wildman–Crippen LogP) is 5.76. The van der Waals surface area contributed by atoms with Crippen LogP contribution >= 0.6 is 11.6 Å². The van der Waals surface area contributed by atoms with Crippen LogP contribution in [0.5, 0.6) is 0 Å². The van der Waals surface area contributed by atoms with Crippen LogP contribution in [-0.2, 0) is 4.79 Å². The Balaban J connectivity index is 1.24. The summed E-state index contributed by atoms with van der Waals surface area (Å²) >= 11 is 5.93. The molecule has 1 aliphatic heterocycles. The third kappa shape index (κ3) is 3.99. The number of amides is 1. The molecule has 0 spiro atoms. The van der Waals surface area contributed by atoms with E-state index in [1.54, 1.807) is 30.5 Å². The first-order chi connectivity index (χ1) is 15.0. The molecule has 31 heavy (non-hydrogen) atoms. The molecule has 1 saturated carbocycles. The van der Waals surface area contributed by atoms with E-state index in [2.05, 4.69) is 15.2 Å². The van der Waals surface area contributed by atoms with Crippen molar-refractivity contribution < 1.29 is 9.18 Å². The second-order valence-electron chi connectivity index (χ2n) is 8.93. The molecule has 2 aliphatic rings. The summed E-state index contributed by atoms with van der Waals surface area (Å²) in [6, 6.07) is 14.0. The Hall–Kier alpha value is -2.66. The average molecular weight is 438 g/mol. The second-order valence-corrected chi connectivity index (χ2v) is 9.37. The van der Waals surface area contributed by atoms with E-state index in [0.29, 0.717) is 22.8 Å². The molecule has 3 aromatic rings. The van der Waals surface area contributed by atoms with Gasteiger partial charge in [0.05, 0.1) is 5.52 Å². The van der Waals surface area contributed by atoms with Crippen molar-refractivity contribution in [3.05, 3.63) is 65.6 Å². The molecule has 1 saturated heterocycles. The molecule has 1 amide bonds. The number of carbonyl (C=O) groups excluding carboxylic acids is 1. The highest BCUT2D eigenvalue weighted by molar-refractivity contribution is 6.30. The van der Waals surface area contributed by atoms with Gasteiger partial charge in [0.15, 0.2) is 0 Å². The smallest absolute Gasteiger partial charge is 0.227 e. The lowest BCUT2D eigenvalue weighted by Gasteiger charge is -2.24. The van der Waals surface area contributed by atoms with Gasteiger partial charge in [0.2, 0.25) is 5.91 Å². The molecule has 0 bridgehead atoms. The Morgan fingerprint density at radius 3 is 2.55 bits per heavy atom. The summed E-state index contributed by atoms with van der Waals surface area (Å²) in [5, 5.41) is 4.55. The molecule has 0 radical (unpaired) electrons. The Kier molecular flexibility index (Phi) is 5.30. The second kappa shape index (κ2) is 8.12. The van der Waals surface area contributed by atoms with E-state index in [0.717, 1.165) is 48.2 Å². The van der Waals surface area contributed by atoms with Gasteiger partial charge < -0.3 is 10.2 Å². The lowest BCUT2D eigenvalue weighted by molar-refractivity contribution is -0.120. The van der Waals surface area contributed by atoms with Gasteiger partial charge in [0.25, 0.3) is 0 Å². The summed E-state index contributed by atoms with van der Waals surface area (Å²) in [4.78, 5) is 19.5. The number of aromatic nitrogens is 1. The van der Waals surface area contributed by atoms with Crippen LogP contribution in [0.15, 0.2) is 54.7 Å². The number of pyridine rings is 1. The van der Waals surface area contributed by atoms with Crippen LogP contribution in [0.3, 0.4) is 0 Å². The molecule has 4 atom stereocenters. The van der Waals surface area contributed by atoms with Gasteiger partial charge in [-0.25, -0.2) is 4.39 Å². The molecule has 2 unspecified atom stereocenters. The van der Waals surface area contributed by atoms with Crippen LogP contribution < -0.4 is 10.2 Å². The quantitative estimate of drug-likeness (QED) is 0.564. The van der Waals surface area contributed by atoms with Crippen molar-refractivity contribution in [1.29, 1.82) is 0 Å². The average Bonchev–Trinajstić information content (AvgIpc) is 3.33. The van der Waals surface area contributed by atoms with Crippen LogP contribution in [-0.4, -0.2) is 24.0 Å². The molecule has 1 aliphatic carbocycles. The number of hydrogen-bond acceptors (Lipinski definition) is 3. The first-order valence-electron chi connectivity index (χ1n) is 10.8. The summed E-state index contributed by atoms with van der Waals surface area (Å²) in [7, 11) is 0. The summed E-state index contributed by atoms with van der Waals surface area (Å²) in [5.41, 5.74) is 2.66. The highest BCUT2D eigenvalue weighted by atomic mass is 35.5. The van der Waals surface area contributed by atoms with Crippen molar-refractivity contribution in [2.24, 2.45) is 23.7 Å². The zero-order chi connectivity index (χ0) is 21.5. The van der Waals surface area contributed by atoms with Crippen LogP contribution in [0.1, 0.15) is 19.8 Å². The van der Waals surface area contributed by atoms with Crippen molar-refractivity contribution in [2.75, 3.05) is 23.3 Å². The molecule has 4 nitrogen and oxygen atoms in total. The lowest BCUT2D eigenvalue weighted by atomic mass is 9.90. The number of rotatable bonds is 4. The van der Waals surface area contributed by atoms with Crippen LogP contribution in [0.25, 0.3) is 10.9 Å². The molecule has 2 aromatic carbocycles. The number of nitrogens with zero attached hydrogens (tertiary/aromatic N) is 2. The maximum Gasteiger partial charge on any atom is 0.227 e. The lowest BCUT2D eigenvalue weighted by Crippen LogP contribution is -2.28. The summed E-state index contributed by atoms with van der Waals surface area (Å²) in [6.45, 7) is 3.93. The highest BCUT2D eigenvalue weighted by Crippen LogP contribution is 2.46. The molecule has 5 rings (SSSR count). The Morgan fingerprint density at radius 2 is 1.84 bits per heavy atom. The summed E-state index contributed by atoms with van der Waals surface area (Å²) in [5.74, 6) is 1.31. The minimum absolute atomic E-state index is 0.0365. The number of benzene rings is 2. The topological polar surface area (TPSA) is 45.2 Å². The number of carbonyl (C=O) groups is 1. The number of hydrogen-bond donors (Lipinski definition) is 1. The Bertz CT molecular complexity index is 1110. The van der Waals surface area contributed by atoms with Gasteiger partial charge in [-0.15, -0.1) is 0 Å². The van der Waals surface area contributed by atoms with Crippen LogP contribution in [0.4, 0.5) is 15.8 Å². The third-order valence-corrected chi connectivity index (χ3v) is 7.29. The minimum atomic E-state index is -0.235. The van der Waals surface area contributed by atoms with Crippen molar-refractivity contribution >= 4 is 39.8 Å². The normalized spacial score (nSPS) is 23.7. The first kappa shape index (κ1) is 20.3. The number of fused-ring (bicyclic) bond motifs is 2. The fraction of sp³-hybridized carbons (Fsp3) is 0.360. The van der Waals surface area contributed by atoms with Gasteiger partial charge in [-0.05, 0) is 79.1 Å². The first-order valence-corrected chi connectivity index (χ1v) is 11.2. The van der Waals surface area contributed by atoms with Gasteiger partial charge in [-0.2, -0.15) is 0 Å². The van der Waals surface area contributed by atoms with E-state index in [-0.39, 0.29) is 17.6 Å². The van der Waals surface area contributed by atoms with Crippen molar-refractivity contribution in [1.82, 2.24) is 4.98 Å². The van der Waals surface area contributed by atoms with E-state index in [1.165, 1.54) is 6.07 Å². The Morgan fingerprint density at radius 1 is 1.13 bits per heavy atom. The zero-order valence-electron chi connectivity index (χ0n) is 17.4. The monoisotopic (exact) mass is 437 g/mol.